The predicted octanol–water partition coefficient (Wildman–Crippen LogP) is 5.69. The number of hydrogen-bond acceptors (Lipinski definition) is 3. The molecule has 2 atom stereocenters. The highest BCUT2D eigenvalue weighted by Crippen LogP contribution is 2.43. The minimum Gasteiger partial charge on any atom is -0.258 e. The average molecular weight is 333 g/mol. The third-order valence-corrected chi connectivity index (χ3v) is 5.22. The summed E-state index contributed by atoms with van der Waals surface area (Å²) < 4.78 is 0. The third-order valence-electron chi connectivity index (χ3n) is 4.14. The molecule has 0 aromatic heterocycles. The fourth-order valence-corrected chi connectivity index (χ4v) is 4.04. The van der Waals surface area contributed by atoms with Crippen LogP contribution in [-0.2, 0) is 4.84 Å². The summed E-state index contributed by atoms with van der Waals surface area (Å²) in [6.45, 7) is 0. The number of para-hydroxylation sites is 1. The summed E-state index contributed by atoms with van der Waals surface area (Å²) >= 11 is 1.78. The lowest BCUT2D eigenvalue weighted by molar-refractivity contribution is 0.138. The molecule has 0 unspecified atom stereocenters. The first kappa shape index (κ1) is 15.3. The largest absolute Gasteiger partial charge is 0.258 e. The van der Waals surface area contributed by atoms with E-state index in [4.69, 9.17) is 4.84 Å². The molecule has 0 spiro atoms. The monoisotopic (exact) mass is 333 g/mol. The molecule has 3 heteroatoms. The van der Waals surface area contributed by atoms with Crippen molar-refractivity contribution in [2.75, 3.05) is 5.06 Å². The van der Waals surface area contributed by atoms with E-state index in [1.165, 1.54) is 10.5 Å². The van der Waals surface area contributed by atoms with E-state index in [0.29, 0.717) is 0 Å². The van der Waals surface area contributed by atoms with E-state index in [-0.39, 0.29) is 11.5 Å². The molecule has 0 amide bonds. The van der Waals surface area contributed by atoms with E-state index >= 15 is 0 Å². The van der Waals surface area contributed by atoms with Gasteiger partial charge in [0.1, 0.15) is 5.44 Å². The lowest BCUT2D eigenvalue weighted by Gasteiger charge is -2.25. The molecule has 1 fully saturated rings. The lowest BCUT2D eigenvalue weighted by Crippen LogP contribution is -2.21. The maximum atomic E-state index is 6.31. The van der Waals surface area contributed by atoms with Gasteiger partial charge >= 0.3 is 0 Å². The van der Waals surface area contributed by atoms with Crippen molar-refractivity contribution in [3.63, 3.8) is 0 Å². The summed E-state index contributed by atoms with van der Waals surface area (Å²) in [6.07, 6.45) is 0.957. The second kappa shape index (κ2) is 7.12. The number of thioether (sulfide) groups is 1. The van der Waals surface area contributed by atoms with Gasteiger partial charge in [-0.2, -0.15) is 0 Å². The molecule has 0 N–H and O–H groups in total. The molecule has 24 heavy (non-hydrogen) atoms. The van der Waals surface area contributed by atoms with Crippen LogP contribution >= 0.6 is 11.8 Å². The number of benzene rings is 3. The maximum Gasteiger partial charge on any atom is 0.138 e. The van der Waals surface area contributed by atoms with Gasteiger partial charge < -0.3 is 0 Å². The van der Waals surface area contributed by atoms with Gasteiger partial charge in [0.05, 0.1) is 11.7 Å². The highest BCUT2D eigenvalue weighted by molar-refractivity contribution is 7.99. The smallest absolute Gasteiger partial charge is 0.138 e. The Labute approximate surface area is 147 Å². The first-order chi connectivity index (χ1) is 11.9. The lowest BCUT2D eigenvalue weighted by atomic mass is 10.0. The first-order valence-electron chi connectivity index (χ1n) is 8.18. The van der Waals surface area contributed by atoms with Crippen LogP contribution < -0.4 is 5.06 Å². The molecule has 3 aromatic rings. The Morgan fingerprint density at radius 2 is 1.33 bits per heavy atom. The molecule has 4 rings (SSSR count). The van der Waals surface area contributed by atoms with E-state index in [9.17, 15) is 0 Å². The molecule has 1 aliphatic heterocycles. The second-order valence-electron chi connectivity index (χ2n) is 5.79. The molecular formula is C21H19NOS. The second-order valence-corrected chi connectivity index (χ2v) is 7.02. The van der Waals surface area contributed by atoms with Crippen LogP contribution in [0.3, 0.4) is 0 Å². The summed E-state index contributed by atoms with van der Waals surface area (Å²) in [4.78, 5) is 7.55. The molecule has 0 bridgehead atoms. The number of anilines is 1. The van der Waals surface area contributed by atoms with E-state index in [0.717, 1.165) is 12.1 Å². The van der Waals surface area contributed by atoms with Crippen LogP contribution in [0.2, 0.25) is 0 Å². The SMILES string of the molecule is c1ccc(S[C@H]2C[C@H](c3ccccc3)N(c3ccccc3)O2)cc1. The predicted molar refractivity (Wildman–Crippen MR) is 99.9 cm³/mol. The maximum absolute atomic E-state index is 6.31. The summed E-state index contributed by atoms with van der Waals surface area (Å²) in [5.41, 5.74) is 2.50. The van der Waals surface area contributed by atoms with Gasteiger partial charge in [-0.05, 0) is 29.8 Å². The summed E-state index contributed by atoms with van der Waals surface area (Å²) in [5, 5.41) is 2.07. The normalized spacial score (nSPS) is 20.2. The van der Waals surface area contributed by atoms with Gasteiger partial charge in [0.2, 0.25) is 0 Å². The number of nitrogens with zero attached hydrogens (tertiary/aromatic N) is 1. The van der Waals surface area contributed by atoms with Gasteiger partial charge in [0, 0.05) is 11.3 Å². The summed E-state index contributed by atoms with van der Waals surface area (Å²) in [5.74, 6) is 0. The van der Waals surface area contributed by atoms with Crippen molar-refractivity contribution < 1.29 is 4.84 Å². The van der Waals surface area contributed by atoms with Crippen molar-refractivity contribution >= 4 is 17.4 Å². The summed E-state index contributed by atoms with van der Waals surface area (Å²) in [6, 6.07) is 31.6. The van der Waals surface area contributed by atoms with E-state index in [1.54, 1.807) is 11.8 Å². The van der Waals surface area contributed by atoms with Gasteiger partial charge in [0.15, 0.2) is 0 Å². The van der Waals surface area contributed by atoms with Gasteiger partial charge in [-0.1, -0.05) is 78.5 Å². The molecule has 0 saturated carbocycles. The van der Waals surface area contributed by atoms with Gasteiger partial charge in [-0.25, -0.2) is 5.06 Å². The van der Waals surface area contributed by atoms with Crippen molar-refractivity contribution in [1.29, 1.82) is 0 Å². The van der Waals surface area contributed by atoms with Crippen molar-refractivity contribution in [2.24, 2.45) is 0 Å². The van der Waals surface area contributed by atoms with E-state index in [1.807, 2.05) is 12.1 Å². The van der Waals surface area contributed by atoms with Crippen molar-refractivity contribution in [3.8, 4) is 0 Å². The molecule has 0 aliphatic carbocycles. The molecule has 1 heterocycles. The quantitative estimate of drug-likeness (QED) is 0.609. The highest BCUT2D eigenvalue weighted by Gasteiger charge is 2.35. The number of hydrogen-bond donors (Lipinski definition) is 0. The fourth-order valence-electron chi connectivity index (χ4n) is 3.00. The Bertz CT molecular complexity index is 716. The zero-order chi connectivity index (χ0) is 16.2. The standard InChI is InChI=1S/C21H19NOS/c1-4-10-17(11-5-1)20-16-21(24-19-14-8-3-9-15-19)23-22(20)18-12-6-2-7-13-18/h1-15,20-21H,16H2/t20-,21+/m1/s1. The minimum absolute atomic E-state index is 0.109. The van der Waals surface area contributed by atoms with Gasteiger partial charge in [0.25, 0.3) is 0 Å². The van der Waals surface area contributed by atoms with Crippen LogP contribution in [0.5, 0.6) is 0 Å². The zero-order valence-electron chi connectivity index (χ0n) is 13.3. The Morgan fingerprint density at radius 3 is 2.00 bits per heavy atom. The van der Waals surface area contributed by atoms with Gasteiger partial charge in [-0.15, -0.1) is 0 Å². The highest BCUT2D eigenvalue weighted by atomic mass is 32.2. The zero-order valence-corrected chi connectivity index (χ0v) is 14.1. The minimum atomic E-state index is 0.109. The van der Waals surface area contributed by atoms with Crippen molar-refractivity contribution in [3.05, 3.63) is 96.6 Å². The van der Waals surface area contributed by atoms with Crippen LogP contribution in [-0.4, -0.2) is 5.44 Å². The van der Waals surface area contributed by atoms with Crippen LogP contribution in [0, 0.1) is 0 Å². The van der Waals surface area contributed by atoms with Crippen molar-refractivity contribution in [2.45, 2.75) is 22.8 Å². The van der Waals surface area contributed by atoms with Crippen LogP contribution in [0.25, 0.3) is 0 Å². The number of rotatable bonds is 4. The molecule has 0 radical (unpaired) electrons. The Balaban J connectivity index is 1.60. The van der Waals surface area contributed by atoms with Crippen LogP contribution in [0.15, 0.2) is 95.9 Å². The Hall–Kier alpha value is -2.23. The van der Waals surface area contributed by atoms with Gasteiger partial charge in [-0.3, -0.25) is 4.84 Å². The topological polar surface area (TPSA) is 12.5 Å². The molecule has 120 valence electrons. The Kier molecular flexibility index (Phi) is 4.54. The van der Waals surface area contributed by atoms with Crippen LogP contribution in [0.1, 0.15) is 18.0 Å². The first-order valence-corrected chi connectivity index (χ1v) is 9.06. The van der Waals surface area contributed by atoms with Crippen molar-refractivity contribution in [1.82, 2.24) is 0 Å². The molecular weight excluding hydrogens is 314 g/mol. The third kappa shape index (κ3) is 3.32. The molecule has 3 aromatic carbocycles. The van der Waals surface area contributed by atoms with Crippen LogP contribution in [0.4, 0.5) is 5.69 Å². The number of hydroxylamine groups is 1. The fraction of sp³-hybridized carbons (Fsp3) is 0.143. The molecule has 1 saturated heterocycles. The molecule has 2 nitrogen and oxygen atoms in total. The van der Waals surface area contributed by atoms with E-state index < -0.39 is 0 Å². The van der Waals surface area contributed by atoms with E-state index in [2.05, 4.69) is 83.9 Å². The Morgan fingerprint density at radius 1 is 0.750 bits per heavy atom. The summed E-state index contributed by atoms with van der Waals surface area (Å²) in [7, 11) is 0. The molecule has 1 aliphatic rings. The average Bonchev–Trinajstić information content (AvgIpc) is 3.08.